The standard InChI is InChI=1S/C14H15BrN6/c1-3-16-14-19-12(11-7-17-21-13(11)20-14)18-10-5-8(2)4-9(15)6-10/h4-7H,3H2,1-2H3,(H3,16,17,18,19,20,21). The van der Waals surface area contributed by atoms with Crippen LogP contribution < -0.4 is 10.6 Å². The summed E-state index contributed by atoms with van der Waals surface area (Å²) in [5.41, 5.74) is 2.83. The topological polar surface area (TPSA) is 78.5 Å². The summed E-state index contributed by atoms with van der Waals surface area (Å²) in [7, 11) is 0. The highest BCUT2D eigenvalue weighted by molar-refractivity contribution is 9.10. The van der Waals surface area contributed by atoms with Crippen LogP contribution in [0.15, 0.2) is 28.9 Å². The number of aromatic nitrogens is 4. The first-order valence-corrected chi connectivity index (χ1v) is 7.44. The van der Waals surface area contributed by atoms with Crippen molar-refractivity contribution in [1.82, 2.24) is 20.2 Å². The summed E-state index contributed by atoms with van der Waals surface area (Å²) in [6.45, 7) is 4.81. The van der Waals surface area contributed by atoms with Gasteiger partial charge in [0.05, 0.1) is 11.6 Å². The van der Waals surface area contributed by atoms with Crippen LogP contribution in [0.3, 0.4) is 0 Å². The second kappa shape index (κ2) is 5.69. The number of hydrogen-bond donors (Lipinski definition) is 3. The van der Waals surface area contributed by atoms with E-state index in [-0.39, 0.29) is 0 Å². The average Bonchev–Trinajstić information content (AvgIpc) is 2.86. The van der Waals surface area contributed by atoms with Gasteiger partial charge in [-0.3, -0.25) is 5.10 Å². The molecule has 0 aliphatic heterocycles. The van der Waals surface area contributed by atoms with Gasteiger partial charge in [-0.25, -0.2) is 0 Å². The lowest BCUT2D eigenvalue weighted by atomic mass is 10.2. The van der Waals surface area contributed by atoms with Crippen molar-refractivity contribution in [2.75, 3.05) is 17.2 Å². The molecule has 1 aromatic carbocycles. The van der Waals surface area contributed by atoms with Gasteiger partial charge in [-0.15, -0.1) is 0 Å². The molecule has 3 N–H and O–H groups in total. The normalized spacial score (nSPS) is 10.8. The predicted octanol–water partition coefficient (Wildman–Crippen LogP) is 3.60. The van der Waals surface area contributed by atoms with Gasteiger partial charge in [0.25, 0.3) is 0 Å². The summed E-state index contributed by atoms with van der Waals surface area (Å²) in [5.74, 6) is 1.30. The molecular weight excluding hydrogens is 332 g/mol. The smallest absolute Gasteiger partial charge is 0.226 e. The van der Waals surface area contributed by atoms with E-state index in [0.29, 0.717) is 11.6 Å². The molecule has 108 valence electrons. The maximum atomic E-state index is 4.51. The highest BCUT2D eigenvalue weighted by Gasteiger charge is 2.10. The fourth-order valence-corrected chi connectivity index (χ4v) is 2.72. The highest BCUT2D eigenvalue weighted by atomic mass is 79.9. The van der Waals surface area contributed by atoms with Gasteiger partial charge in [0.1, 0.15) is 5.82 Å². The lowest BCUT2D eigenvalue weighted by molar-refractivity contribution is 1.07. The molecule has 2 heterocycles. The van der Waals surface area contributed by atoms with Crippen LogP contribution in [0.4, 0.5) is 17.5 Å². The molecule has 6 nitrogen and oxygen atoms in total. The minimum Gasteiger partial charge on any atom is -0.354 e. The fourth-order valence-electron chi connectivity index (χ4n) is 2.11. The first-order chi connectivity index (χ1) is 10.2. The van der Waals surface area contributed by atoms with Crippen LogP contribution in [-0.2, 0) is 0 Å². The monoisotopic (exact) mass is 346 g/mol. The highest BCUT2D eigenvalue weighted by Crippen LogP contribution is 2.26. The van der Waals surface area contributed by atoms with Crippen molar-refractivity contribution in [2.24, 2.45) is 0 Å². The minimum atomic E-state index is 0.573. The third-order valence-electron chi connectivity index (χ3n) is 2.95. The molecule has 0 spiro atoms. The van der Waals surface area contributed by atoms with Gasteiger partial charge in [0.15, 0.2) is 5.65 Å². The van der Waals surface area contributed by atoms with Crippen LogP contribution in [0.25, 0.3) is 11.0 Å². The molecule has 7 heteroatoms. The summed E-state index contributed by atoms with van der Waals surface area (Å²) in [4.78, 5) is 8.88. The summed E-state index contributed by atoms with van der Waals surface area (Å²) >= 11 is 3.50. The fraction of sp³-hybridized carbons (Fsp3) is 0.214. The lowest BCUT2D eigenvalue weighted by Crippen LogP contribution is -2.05. The van der Waals surface area contributed by atoms with Crippen LogP contribution in [0.2, 0.25) is 0 Å². The summed E-state index contributed by atoms with van der Waals surface area (Å²) in [5, 5.41) is 14.2. The Morgan fingerprint density at radius 2 is 2.10 bits per heavy atom. The molecule has 21 heavy (non-hydrogen) atoms. The third kappa shape index (κ3) is 2.97. The zero-order chi connectivity index (χ0) is 14.8. The largest absolute Gasteiger partial charge is 0.354 e. The van der Waals surface area contributed by atoms with Crippen molar-refractivity contribution < 1.29 is 0 Å². The van der Waals surface area contributed by atoms with Gasteiger partial charge in [-0.05, 0) is 37.6 Å². The maximum absolute atomic E-state index is 4.51. The Labute approximate surface area is 130 Å². The van der Waals surface area contributed by atoms with E-state index < -0.39 is 0 Å². The zero-order valence-electron chi connectivity index (χ0n) is 11.7. The van der Waals surface area contributed by atoms with Crippen molar-refractivity contribution in [2.45, 2.75) is 13.8 Å². The molecule has 3 rings (SSSR count). The summed E-state index contributed by atoms with van der Waals surface area (Å²) in [6, 6.07) is 6.13. The number of halogens is 1. The van der Waals surface area contributed by atoms with Gasteiger partial charge >= 0.3 is 0 Å². The first-order valence-electron chi connectivity index (χ1n) is 6.65. The number of H-pyrrole nitrogens is 1. The molecule has 0 atom stereocenters. The number of hydrogen-bond acceptors (Lipinski definition) is 5. The molecule has 0 saturated heterocycles. The number of rotatable bonds is 4. The van der Waals surface area contributed by atoms with Crippen LogP contribution in [0.1, 0.15) is 12.5 Å². The van der Waals surface area contributed by atoms with Crippen LogP contribution >= 0.6 is 15.9 Å². The third-order valence-corrected chi connectivity index (χ3v) is 3.41. The lowest BCUT2D eigenvalue weighted by Gasteiger charge is -2.10. The van der Waals surface area contributed by atoms with E-state index in [1.807, 2.05) is 19.9 Å². The quantitative estimate of drug-likeness (QED) is 0.672. The molecule has 0 amide bonds. The molecule has 0 radical (unpaired) electrons. The zero-order valence-corrected chi connectivity index (χ0v) is 13.3. The first kappa shape index (κ1) is 13.8. The Bertz CT molecular complexity index is 762. The van der Waals surface area contributed by atoms with Crippen molar-refractivity contribution >= 4 is 44.4 Å². The number of nitrogens with one attached hydrogen (secondary N) is 3. The van der Waals surface area contributed by atoms with E-state index in [4.69, 9.17) is 0 Å². The van der Waals surface area contributed by atoms with Crippen molar-refractivity contribution in [3.63, 3.8) is 0 Å². The second-order valence-corrected chi connectivity index (χ2v) is 5.62. The number of aromatic amines is 1. The summed E-state index contributed by atoms with van der Waals surface area (Å²) in [6.07, 6.45) is 1.72. The summed E-state index contributed by atoms with van der Waals surface area (Å²) < 4.78 is 1.02. The molecule has 3 aromatic rings. The SMILES string of the molecule is CCNc1nc(Nc2cc(C)cc(Br)c2)c2cn[nH]c2n1. The van der Waals surface area contributed by atoms with Crippen molar-refractivity contribution in [3.8, 4) is 0 Å². The molecule has 0 aliphatic rings. The average molecular weight is 347 g/mol. The molecule has 0 saturated carbocycles. The number of benzene rings is 1. The van der Waals surface area contributed by atoms with E-state index in [2.05, 4.69) is 58.9 Å². The minimum absolute atomic E-state index is 0.573. The van der Waals surface area contributed by atoms with Crippen LogP contribution in [-0.4, -0.2) is 26.7 Å². The maximum Gasteiger partial charge on any atom is 0.226 e. The van der Waals surface area contributed by atoms with Gasteiger partial charge in [0, 0.05) is 16.7 Å². The van der Waals surface area contributed by atoms with E-state index in [1.165, 1.54) is 0 Å². The molecule has 0 aliphatic carbocycles. The predicted molar refractivity (Wildman–Crippen MR) is 88.0 cm³/mol. The Morgan fingerprint density at radius 3 is 2.86 bits per heavy atom. The van der Waals surface area contributed by atoms with E-state index in [9.17, 15) is 0 Å². The van der Waals surface area contributed by atoms with E-state index in [0.717, 1.165) is 33.5 Å². The number of anilines is 3. The Balaban J connectivity index is 2.04. The number of aryl methyl sites for hydroxylation is 1. The molecule has 0 fully saturated rings. The van der Waals surface area contributed by atoms with Gasteiger partial charge in [-0.2, -0.15) is 15.1 Å². The Hall–Kier alpha value is -2.15. The number of nitrogens with zero attached hydrogens (tertiary/aromatic N) is 3. The van der Waals surface area contributed by atoms with Crippen molar-refractivity contribution in [1.29, 1.82) is 0 Å². The van der Waals surface area contributed by atoms with E-state index >= 15 is 0 Å². The molecular formula is C14H15BrN6. The Kier molecular flexibility index (Phi) is 3.74. The van der Waals surface area contributed by atoms with Crippen LogP contribution in [0, 0.1) is 6.92 Å². The molecule has 2 aromatic heterocycles. The van der Waals surface area contributed by atoms with E-state index in [1.54, 1.807) is 6.20 Å². The van der Waals surface area contributed by atoms with Crippen LogP contribution in [0.5, 0.6) is 0 Å². The van der Waals surface area contributed by atoms with Gasteiger partial charge in [-0.1, -0.05) is 15.9 Å². The van der Waals surface area contributed by atoms with Crippen molar-refractivity contribution in [3.05, 3.63) is 34.4 Å². The van der Waals surface area contributed by atoms with Gasteiger partial charge in [0.2, 0.25) is 5.95 Å². The molecule has 0 unspecified atom stereocenters. The number of fused-ring (bicyclic) bond motifs is 1. The Morgan fingerprint density at radius 1 is 1.24 bits per heavy atom. The molecule has 0 bridgehead atoms. The van der Waals surface area contributed by atoms with Gasteiger partial charge < -0.3 is 10.6 Å². The second-order valence-electron chi connectivity index (χ2n) is 4.70.